The first-order chi connectivity index (χ1) is 14.5. The smallest absolute Gasteiger partial charge is 0.254 e. The third kappa shape index (κ3) is 4.28. The Morgan fingerprint density at radius 2 is 2.03 bits per heavy atom. The molecule has 2 heterocycles. The maximum atomic E-state index is 12.4. The van der Waals surface area contributed by atoms with Gasteiger partial charge in [0.25, 0.3) is 5.91 Å². The molecule has 0 fully saturated rings. The second kappa shape index (κ2) is 8.54. The molecule has 1 atom stereocenters. The average Bonchev–Trinajstić information content (AvgIpc) is 3.07. The van der Waals surface area contributed by atoms with Crippen molar-refractivity contribution in [3.05, 3.63) is 59.4 Å². The van der Waals surface area contributed by atoms with E-state index in [1.807, 2.05) is 10.6 Å². The first-order valence-corrected chi connectivity index (χ1v) is 9.97. The Balaban J connectivity index is 1.27. The van der Waals surface area contributed by atoms with Gasteiger partial charge in [0.05, 0.1) is 28.6 Å². The van der Waals surface area contributed by atoms with Crippen LogP contribution in [0, 0.1) is 0 Å². The Hall–Kier alpha value is -3.39. The van der Waals surface area contributed by atoms with Crippen molar-refractivity contribution in [3.8, 4) is 0 Å². The number of carbonyl (C=O) groups excluding carboxylic acids is 3. The molecule has 3 amide bonds. The summed E-state index contributed by atoms with van der Waals surface area (Å²) in [4.78, 5) is 41.2. The van der Waals surface area contributed by atoms with Crippen LogP contribution in [0.3, 0.4) is 0 Å². The number of carbonyl (C=O) groups is 3. The predicted molar refractivity (Wildman–Crippen MR) is 113 cm³/mol. The van der Waals surface area contributed by atoms with E-state index >= 15 is 0 Å². The standard InChI is InChI=1S/C21H20ClN5O3/c22-13-5-7-18-17(11-13)24-12-27(18)10-9-23-19(28)8-6-16-21(30)25-15-4-2-1-3-14(15)20(29)26-16/h1-5,7,11-12,16H,6,8-10H2,(H,23,28)(H,25,30)(H,26,29)/t16-/m1/s1. The largest absolute Gasteiger partial charge is 0.354 e. The molecule has 3 N–H and O–H groups in total. The first kappa shape index (κ1) is 19.9. The summed E-state index contributed by atoms with van der Waals surface area (Å²) in [6.45, 7) is 0.974. The second-order valence-corrected chi connectivity index (χ2v) is 7.46. The van der Waals surface area contributed by atoms with Gasteiger partial charge in [-0.3, -0.25) is 14.4 Å². The number of anilines is 1. The molecule has 0 saturated carbocycles. The first-order valence-electron chi connectivity index (χ1n) is 9.59. The van der Waals surface area contributed by atoms with Gasteiger partial charge < -0.3 is 20.5 Å². The number of halogens is 1. The summed E-state index contributed by atoms with van der Waals surface area (Å²) in [5, 5.41) is 8.89. The molecule has 1 aliphatic rings. The highest BCUT2D eigenvalue weighted by Crippen LogP contribution is 2.19. The number of benzene rings is 2. The van der Waals surface area contributed by atoms with Gasteiger partial charge in [-0.25, -0.2) is 4.98 Å². The van der Waals surface area contributed by atoms with Gasteiger partial charge in [-0.05, 0) is 36.8 Å². The maximum Gasteiger partial charge on any atom is 0.254 e. The SMILES string of the molecule is O=C(CC[C@H]1NC(=O)c2ccccc2NC1=O)NCCn1cnc2cc(Cl)ccc21. The zero-order valence-corrected chi connectivity index (χ0v) is 16.8. The zero-order valence-electron chi connectivity index (χ0n) is 16.0. The minimum atomic E-state index is -0.766. The number of para-hydroxylation sites is 1. The molecule has 0 aliphatic carbocycles. The maximum absolute atomic E-state index is 12.4. The van der Waals surface area contributed by atoms with Crippen LogP contribution in [0.1, 0.15) is 23.2 Å². The summed E-state index contributed by atoms with van der Waals surface area (Å²) in [6.07, 6.45) is 2.04. The molecule has 0 unspecified atom stereocenters. The minimum Gasteiger partial charge on any atom is -0.354 e. The normalized spacial score (nSPS) is 15.8. The lowest BCUT2D eigenvalue weighted by molar-refractivity contribution is -0.121. The number of nitrogens with one attached hydrogen (secondary N) is 3. The number of nitrogens with zero attached hydrogens (tertiary/aromatic N) is 2. The van der Waals surface area contributed by atoms with Crippen molar-refractivity contribution in [2.45, 2.75) is 25.4 Å². The van der Waals surface area contributed by atoms with Crippen LogP contribution in [-0.2, 0) is 16.1 Å². The van der Waals surface area contributed by atoms with Crippen LogP contribution < -0.4 is 16.0 Å². The van der Waals surface area contributed by atoms with Crippen LogP contribution in [0.15, 0.2) is 48.8 Å². The van der Waals surface area contributed by atoms with Crippen molar-refractivity contribution in [1.29, 1.82) is 0 Å². The van der Waals surface area contributed by atoms with Gasteiger partial charge in [0.2, 0.25) is 11.8 Å². The molecule has 1 aliphatic heterocycles. The second-order valence-electron chi connectivity index (χ2n) is 7.02. The molecule has 1 aromatic heterocycles. The molecule has 30 heavy (non-hydrogen) atoms. The monoisotopic (exact) mass is 425 g/mol. The molecular formula is C21H20ClN5O3. The number of fused-ring (bicyclic) bond motifs is 2. The molecule has 2 aromatic carbocycles. The van der Waals surface area contributed by atoms with Crippen LogP contribution in [0.25, 0.3) is 11.0 Å². The number of rotatable bonds is 6. The molecule has 9 heteroatoms. The van der Waals surface area contributed by atoms with Gasteiger partial charge in [-0.2, -0.15) is 0 Å². The Labute approximate surface area is 177 Å². The van der Waals surface area contributed by atoms with E-state index in [0.29, 0.717) is 29.4 Å². The quantitative estimate of drug-likeness (QED) is 0.563. The Bertz CT molecular complexity index is 1130. The summed E-state index contributed by atoms with van der Waals surface area (Å²) in [6, 6.07) is 11.5. The lowest BCUT2D eigenvalue weighted by atomic mass is 10.1. The lowest BCUT2D eigenvalue weighted by Gasteiger charge is -2.14. The van der Waals surface area contributed by atoms with E-state index in [0.717, 1.165) is 11.0 Å². The van der Waals surface area contributed by atoms with E-state index in [1.54, 1.807) is 42.7 Å². The van der Waals surface area contributed by atoms with Crippen LogP contribution in [0.2, 0.25) is 5.02 Å². The third-order valence-corrected chi connectivity index (χ3v) is 5.20. The van der Waals surface area contributed by atoms with Crippen LogP contribution in [-0.4, -0.2) is 39.9 Å². The Kier molecular flexibility index (Phi) is 5.67. The topological polar surface area (TPSA) is 105 Å². The van der Waals surface area contributed by atoms with Gasteiger partial charge in [-0.15, -0.1) is 0 Å². The fourth-order valence-corrected chi connectivity index (χ4v) is 3.58. The molecule has 4 rings (SSSR count). The Morgan fingerprint density at radius 3 is 2.90 bits per heavy atom. The van der Waals surface area contributed by atoms with Crippen LogP contribution >= 0.6 is 11.6 Å². The van der Waals surface area contributed by atoms with E-state index in [1.165, 1.54) is 0 Å². The molecule has 8 nitrogen and oxygen atoms in total. The zero-order chi connectivity index (χ0) is 21.1. The van der Waals surface area contributed by atoms with Gasteiger partial charge in [0.15, 0.2) is 0 Å². The number of aromatic nitrogens is 2. The number of hydrogen-bond donors (Lipinski definition) is 3. The minimum absolute atomic E-state index is 0.120. The predicted octanol–water partition coefficient (Wildman–Crippen LogP) is 2.34. The molecule has 3 aromatic rings. The van der Waals surface area contributed by atoms with Crippen molar-refractivity contribution < 1.29 is 14.4 Å². The summed E-state index contributed by atoms with van der Waals surface area (Å²) in [7, 11) is 0. The highest BCUT2D eigenvalue weighted by molar-refractivity contribution is 6.31. The highest BCUT2D eigenvalue weighted by atomic mass is 35.5. The van der Waals surface area contributed by atoms with E-state index in [4.69, 9.17) is 11.6 Å². The van der Waals surface area contributed by atoms with Crippen molar-refractivity contribution in [2.24, 2.45) is 0 Å². The highest BCUT2D eigenvalue weighted by Gasteiger charge is 2.27. The van der Waals surface area contributed by atoms with Gasteiger partial charge in [0, 0.05) is 24.5 Å². The fraction of sp³-hybridized carbons (Fsp3) is 0.238. The van der Waals surface area contributed by atoms with Gasteiger partial charge in [0.1, 0.15) is 6.04 Å². The van der Waals surface area contributed by atoms with Crippen molar-refractivity contribution in [1.82, 2.24) is 20.2 Å². The lowest BCUT2D eigenvalue weighted by Crippen LogP contribution is -2.42. The molecule has 0 spiro atoms. The summed E-state index contributed by atoms with van der Waals surface area (Å²) >= 11 is 5.97. The Morgan fingerprint density at radius 1 is 1.20 bits per heavy atom. The molecule has 0 bridgehead atoms. The number of imidazole rings is 1. The van der Waals surface area contributed by atoms with Crippen LogP contribution in [0.4, 0.5) is 5.69 Å². The van der Waals surface area contributed by atoms with Crippen molar-refractivity contribution in [3.63, 3.8) is 0 Å². The molecule has 154 valence electrons. The van der Waals surface area contributed by atoms with Crippen molar-refractivity contribution >= 4 is 46.0 Å². The molecular weight excluding hydrogens is 406 g/mol. The number of amides is 3. The van der Waals surface area contributed by atoms with E-state index in [9.17, 15) is 14.4 Å². The van der Waals surface area contributed by atoms with E-state index in [2.05, 4.69) is 20.9 Å². The fourth-order valence-electron chi connectivity index (χ4n) is 3.41. The summed E-state index contributed by atoms with van der Waals surface area (Å²) in [5.74, 6) is -0.850. The van der Waals surface area contributed by atoms with Gasteiger partial charge >= 0.3 is 0 Å². The van der Waals surface area contributed by atoms with E-state index < -0.39 is 6.04 Å². The average molecular weight is 426 g/mol. The third-order valence-electron chi connectivity index (χ3n) is 4.97. The summed E-state index contributed by atoms with van der Waals surface area (Å²) in [5.41, 5.74) is 2.61. The summed E-state index contributed by atoms with van der Waals surface area (Å²) < 4.78 is 1.93. The molecule has 0 radical (unpaired) electrons. The van der Waals surface area contributed by atoms with Crippen molar-refractivity contribution in [2.75, 3.05) is 11.9 Å². The molecule has 0 saturated heterocycles. The van der Waals surface area contributed by atoms with Gasteiger partial charge in [-0.1, -0.05) is 23.7 Å². The van der Waals surface area contributed by atoms with E-state index in [-0.39, 0.29) is 30.6 Å². The van der Waals surface area contributed by atoms with Crippen LogP contribution in [0.5, 0.6) is 0 Å². The number of hydrogen-bond acceptors (Lipinski definition) is 4.